The van der Waals surface area contributed by atoms with E-state index in [0.29, 0.717) is 19.8 Å². The number of aromatic nitrogens is 1. The minimum absolute atomic E-state index is 0.453. The Morgan fingerprint density at radius 2 is 1.57 bits per heavy atom. The second-order valence-electron chi connectivity index (χ2n) is 4.94. The van der Waals surface area contributed by atoms with Crippen LogP contribution in [0.25, 0.3) is 10.9 Å². The van der Waals surface area contributed by atoms with Crippen LogP contribution in [0.5, 0.6) is 17.2 Å². The molecule has 23 heavy (non-hydrogen) atoms. The maximum absolute atomic E-state index is 5.80. The van der Waals surface area contributed by atoms with E-state index in [1.807, 2.05) is 61.5 Å². The van der Waals surface area contributed by atoms with Crippen molar-refractivity contribution in [3.63, 3.8) is 0 Å². The third-order valence-corrected chi connectivity index (χ3v) is 3.32. The maximum Gasteiger partial charge on any atom is 0.145 e. The molecule has 0 bridgehead atoms. The van der Waals surface area contributed by atoms with Gasteiger partial charge in [-0.3, -0.25) is 4.98 Å². The van der Waals surface area contributed by atoms with Crippen LogP contribution in [0.15, 0.2) is 60.8 Å². The topological polar surface area (TPSA) is 40.6 Å². The Hall–Kier alpha value is -2.75. The molecule has 1 heterocycles. The molecule has 0 aliphatic carbocycles. The number of fused-ring (bicyclic) bond motifs is 1. The fourth-order valence-electron chi connectivity index (χ4n) is 2.32. The summed E-state index contributed by atoms with van der Waals surface area (Å²) in [7, 11) is 0. The molecule has 0 aliphatic rings. The summed E-state index contributed by atoms with van der Waals surface area (Å²) < 4.78 is 17.0. The van der Waals surface area contributed by atoms with E-state index in [4.69, 9.17) is 14.2 Å². The fraction of sp³-hybridized carbons (Fsp3) is 0.211. The van der Waals surface area contributed by atoms with Gasteiger partial charge in [0, 0.05) is 17.6 Å². The van der Waals surface area contributed by atoms with Crippen LogP contribution >= 0.6 is 0 Å². The van der Waals surface area contributed by atoms with Gasteiger partial charge in [-0.05, 0) is 31.2 Å². The Labute approximate surface area is 135 Å². The maximum atomic E-state index is 5.80. The van der Waals surface area contributed by atoms with Crippen molar-refractivity contribution in [1.29, 1.82) is 0 Å². The van der Waals surface area contributed by atoms with Crippen LogP contribution in [0.2, 0.25) is 0 Å². The zero-order valence-corrected chi connectivity index (χ0v) is 13.1. The molecule has 0 saturated heterocycles. The van der Waals surface area contributed by atoms with Crippen molar-refractivity contribution in [2.45, 2.75) is 6.92 Å². The molecular formula is C19H19NO3. The van der Waals surface area contributed by atoms with Crippen LogP contribution in [0.4, 0.5) is 0 Å². The summed E-state index contributed by atoms with van der Waals surface area (Å²) in [6.45, 7) is 3.51. The van der Waals surface area contributed by atoms with E-state index in [-0.39, 0.29) is 0 Å². The predicted octanol–water partition coefficient (Wildman–Crippen LogP) is 4.09. The third kappa shape index (κ3) is 3.92. The highest BCUT2D eigenvalue weighted by Crippen LogP contribution is 2.23. The van der Waals surface area contributed by atoms with Crippen molar-refractivity contribution in [1.82, 2.24) is 4.98 Å². The zero-order valence-electron chi connectivity index (χ0n) is 13.1. The van der Waals surface area contributed by atoms with Crippen molar-refractivity contribution in [3.05, 3.63) is 60.8 Å². The number of pyridine rings is 1. The molecule has 118 valence electrons. The smallest absolute Gasteiger partial charge is 0.145 e. The van der Waals surface area contributed by atoms with Gasteiger partial charge in [-0.1, -0.05) is 24.3 Å². The molecule has 0 spiro atoms. The van der Waals surface area contributed by atoms with Crippen LogP contribution in [0.1, 0.15) is 6.92 Å². The van der Waals surface area contributed by atoms with E-state index >= 15 is 0 Å². The Kier molecular flexibility index (Phi) is 4.94. The second-order valence-corrected chi connectivity index (χ2v) is 4.94. The SMILES string of the molecule is CCOc1cccc(OCCOc2cccc3cccnc23)c1. The van der Waals surface area contributed by atoms with Crippen LogP contribution in [0.3, 0.4) is 0 Å². The molecule has 0 N–H and O–H groups in total. The quantitative estimate of drug-likeness (QED) is 0.616. The Bertz CT molecular complexity index is 768. The van der Waals surface area contributed by atoms with E-state index in [1.54, 1.807) is 6.20 Å². The van der Waals surface area contributed by atoms with Gasteiger partial charge >= 0.3 is 0 Å². The lowest BCUT2D eigenvalue weighted by Crippen LogP contribution is -2.09. The first-order valence-electron chi connectivity index (χ1n) is 7.69. The molecule has 0 amide bonds. The summed E-state index contributed by atoms with van der Waals surface area (Å²) in [6.07, 6.45) is 1.77. The highest BCUT2D eigenvalue weighted by molar-refractivity contribution is 5.84. The molecule has 4 nitrogen and oxygen atoms in total. The fourth-order valence-corrected chi connectivity index (χ4v) is 2.32. The number of rotatable bonds is 7. The lowest BCUT2D eigenvalue weighted by molar-refractivity contribution is 0.217. The average molecular weight is 309 g/mol. The average Bonchev–Trinajstić information content (AvgIpc) is 2.59. The number of ether oxygens (including phenoxy) is 3. The molecule has 2 aromatic carbocycles. The van der Waals surface area contributed by atoms with Gasteiger partial charge in [0.05, 0.1) is 6.61 Å². The predicted molar refractivity (Wildman–Crippen MR) is 90.3 cm³/mol. The Morgan fingerprint density at radius 1 is 0.826 bits per heavy atom. The molecule has 3 rings (SSSR count). The summed E-state index contributed by atoms with van der Waals surface area (Å²) in [5.74, 6) is 2.36. The Morgan fingerprint density at radius 3 is 2.43 bits per heavy atom. The lowest BCUT2D eigenvalue weighted by atomic mass is 10.2. The van der Waals surface area contributed by atoms with E-state index in [9.17, 15) is 0 Å². The van der Waals surface area contributed by atoms with Crippen molar-refractivity contribution < 1.29 is 14.2 Å². The normalized spacial score (nSPS) is 10.5. The molecule has 0 unspecified atom stereocenters. The number of para-hydroxylation sites is 1. The summed E-state index contributed by atoms with van der Waals surface area (Å²) in [5.41, 5.74) is 0.869. The lowest BCUT2D eigenvalue weighted by Gasteiger charge is -2.11. The summed E-state index contributed by atoms with van der Waals surface area (Å²) in [4.78, 5) is 4.37. The molecule has 0 radical (unpaired) electrons. The zero-order chi connectivity index (χ0) is 15.9. The second kappa shape index (κ2) is 7.49. The molecule has 0 saturated carbocycles. The van der Waals surface area contributed by atoms with E-state index < -0.39 is 0 Å². The summed E-state index contributed by atoms with van der Waals surface area (Å²) in [6, 6.07) is 17.4. The van der Waals surface area contributed by atoms with Gasteiger partial charge in [0.1, 0.15) is 36.0 Å². The minimum Gasteiger partial charge on any atom is -0.494 e. The first-order chi connectivity index (χ1) is 11.4. The Balaban J connectivity index is 1.56. The van der Waals surface area contributed by atoms with E-state index in [0.717, 1.165) is 28.2 Å². The standard InChI is InChI=1S/C19H19NO3/c1-2-21-16-8-4-9-17(14-16)22-12-13-23-18-10-3-6-15-7-5-11-20-19(15)18/h3-11,14H,2,12-13H2,1H3. The van der Waals surface area contributed by atoms with Crippen molar-refractivity contribution in [2.75, 3.05) is 19.8 Å². The minimum atomic E-state index is 0.453. The number of benzene rings is 2. The third-order valence-electron chi connectivity index (χ3n) is 3.32. The highest BCUT2D eigenvalue weighted by Gasteiger charge is 2.03. The summed E-state index contributed by atoms with van der Waals surface area (Å²) >= 11 is 0. The largest absolute Gasteiger partial charge is 0.494 e. The van der Waals surface area contributed by atoms with Gasteiger partial charge in [0.15, 0.2) is 0 Å². The highest BCUT2D eigenvalue weighted by atomic mass is 16.5. The molecule has 0 aliphatic heterocycles. The number of hydrogen-bond acceptors (Lipinski definition) is 4. The molecule has 3 aromatic rings. The van der Waals surface area contributed by atoms with Gasteiger partial charge < -0.3 is 14.2 Å². The van der Waals surface area contributed by atoms with Gasteiger partial charge in [-0.15, -0.1) is 0 Å². The van der Waals surface area contributed by atoms with Crippen LogP contribution in [0, 0.1) is 0 Å². The van der Waals surface area contributed by atoms with E-state index in [2.05, 4.69) is 4.98 Å². The van der Waals surface area contributed by atoms with Crippen LogP contribution < -0.4 is 14.2 Å². The molecular weight excluding hydrogens is 290 g/mol. The number of hydrogen-bond donors (Lipinski definition) is 0. The van der Waals surface area contributed by atoms with E-state index in [1.165, 1.54) is 0 Å². The molecule has 4 heteroatoms. The molecule has 1 aromatic heterocycles. The van der Waals surface area contributed by atoms with Crippen molar-refractivity contribution in [2.24, 2.45) is 0 Å². The van der Waals surface area contributed by atoms with Gasteiger partial charge in [-0.25, -0.2) is 0 Å². The molecule has 0 atom stereocenters. The first kappa shape index (κ1) is 15.2. The summed E-state index contributed by atoms with van der Waals surface area (Å²) in [5, 5.41) is 1.07. The van der Waals surface area contributed by atoms with Gasteiger partial charge in [0.25, 0.3) is 0 Å². The van der Waals surface area contributed by atoms with Gasteiger partial charge in [-0.2, -0.15) is 0 Å². The van der Waals surface area contributed by atoms with Crippen LogP contribution in [-0.4, -0.2) is 24.8 Å². The van der Waals surface area contributed by atoms with Crippen molar-refractivity contribution >= 4 is 10.9 Å². The van der Waals surface area contributed by atoms with Gasteiger partial charge in [0.2, 0.25) is 0 Å². The first-order valence-corrected chi connectivity index (χ1v) is 7.69. The molecule has 0 fully saturated rings. The van der Waals surface area contributed by atoms with Crippen LogP contribution in [-0.2, 0) is 0 Å². The van der Waals surface area contributed by atoms with Crippen molar-refractivity contribution in [3.8, 4) is 17.2 Å². The monoisotopic (exact) mass is 309 g/mol. The number of nitrogens with zero attached hydrogens (tertiary/aromatic N) is 1.